The Labute approximate surface area is 182 Å². The number of carbonyl (C=O) groups excluding carboxylic acids is 1. The van der Waals surface area contributed by atoms with E-state index in [9.17, 15) is 9.90 Å². The number of nitrogens with zero attached hydrogens (tertiary/aromatic N) is 3. The van der Waals surface area contributed by atoms with Gasteiger partial charge in [-0.2, -0.15) is 0 Å². The van der Waals surface area contributed by atoms with Gasteiger partial charge < -0.3 is 20.3 Å². The van der Waals surface area contributed by atoms with Crippen LogP contribution in [0.4, 0.5) is 0 Å². The molecule has 0 bridgehead atoms. The lowest BCUT2D eigenvalue weighted by Crippen LogP contribution is -2.23. The molecule has 0 saturated heterocycles. The first-order valence-electron chi connectivity index (χ1n) is 10.4. The van der Waals surface area contributed by atoms with E-state index >= 15 is 0 Å². The van der Waals surface area contributed by atoms with Crippen molar-refractivity contribution < 1.29 is 9.90 Å². The minimum atomic E-state index is -0.515. The summed E-state index contributed by atoms with van der Waals surface area (Å²) in [6.07, 6.45) is 6.12. The minimum Gasteiger partial charge on any atom is -0.387 e. The number of hydrogen-bond donors (Lipinski definition) is 3. The molecule has 7 heteroatoms. The summed E-state index contributed by atoms with van der Waals surface area (Å²) in [6.45, 7) is 3.19. The van der Waals surface area contributed by atoms with Gasteiger partial charge in [0.15, 0.2) is 0 Å². The average molecular weight is 420 g/mol. The first-order valence-corrected chi connectivity index (χ1v) is 10.4. The summed E-state index contributed by atoms with van der Waals surface area (Å²) in [4.78, 5) is 24.8. The second-order valence-corrected chi connectivity index (χ2v) is 7.33. The molecular weight excluding hydrogens is 390 g/mol. The van der Waals surface area contributed by atoms with Gasteiger partial charge in [-0.25, -0.2) is 4.98 Å². The van der Waals surface area contributed by atoms with E-state index in [4.69, 9.17) is 0 Å². The van der Waals surface area contributed by atoms with Gasteiger partial charge in [0, 0.05) is 26.0 Å². The highest BCUT2D eigenvalue weighted by atomic mass is 16.3. The van der Waals surface area contributed by atoms with E-state index in [1.165, 1.54) is 5.56 Å². The van der Waals surface area contributed by atoms with Crippen LogP contribution in [-0.4, -0.2) is 52.7 Å². The Morgan fingerprint density at radius 1 is 1.26 bits per heavy atom. The number of hydrogen-bond acceptors (Lipinski definition) is 5. The minimum absolute atomic E-state index is 0.226. The van der Waals surface area contributed by atoms with Crippen LogP contribution in [0.3, 0.4) is 0 Å². The van der Waals surface area contributed by atoms with Crippen LogP contribution in [0.2, 0.25) is 0 Å². The molecule has 0 radical (unpaired) electrons. The quantitative estimate of drug-likeness (QED) is 0.253. The number of aromatic nitrogens is 2. The Morgan fingerprint density at radius 3 is 2.81 bits per heavy atom. The average Bonchev–Trinajstić information content (AvgIpc) is 3.23. The number of imidazole rings is 1. The number of aliphatic hydroxyl groups is 1. The van der Waals surface area contributed by atoms with E-state index in [-0.39, 0.29) is 6.04 Å². The van der Waals surface area contributed by atoms with Gasteiger partial charge in [0.1, 0.15) is 5.82 Å². The summed E-state index contributed by atoms with van der Waals surface area (Å²) < 4.78 is 0. The van der Waals surface area contributed by atoms with Crippen molar-refractivity contribution in [2.24, 2.45) is 4.99 Å². The molecular formula is C24H29N5O2. The van der Waals surface area contributed by atoms with Crippen molar-refractivity contribution in [3.63, 3.8) is 0 Å². The van der Waals surface area contributed by atoms with Crippen molar-refractivity contribution in [3.05, 3.63) is 77.8 Å². The number of fused-ring (bicyclic) bond motifs is 1. The lowest BCUT2D eigenvalue weighted by atomic mass is 10.1. The number of amides is 1. The Hall–Kier alpha value is -3.29. The van der Waals surface area contributed by atoms with Crippen LogP contribution in [0.15, 0.2) is 65.8 Å². The summed E-state index contributed by atoms with van der Waals surface area (Å²) in [5.74, 6) is 0.724. The molecule has 1 aromatic heterocycles. The van der Waals surface area contributed by atoms with E-state index in [2.05, 4.69) is 32.4 Å². The predicted octanol–water partition coefficient (Wildman–Crippen LogP) is 3.16. The Kier molecular flexibility index (Phi) is 8.09. The molecule has 31 heavy (non-hydrogen) atoms. The largest absolute Gasteiger partial charge is 0.387 e. The van der Waals surface area contributed by atoms with E-state index < -0.39 is 6.10 Å². The molecule has 0 saturated carbocycles. The van der Waals surface area contributed by atoms with Gasteiger partial charge in [-0.1, -0.05) is 36.4 Å². The van der Waals surface area contributed by atoms with Crippen molar-refractivity contribution in [3.8, 4) is 0 Å². The van der Waals surface area contributed by atoms with E-state index in [0.29, 0.717) is 6.54 Å². The molecule has 0 aliphatic rings. The van der Waals surface area contributed by atoms with Gasteiger partial charge in [0.05, 0.1) is 23.2 Å². The van der Waals surface area contributed by atoms with Gasteiger partial charge in [-0.05, 0) is 49.2 Å². The molecule has 7 nitrogen and oxygen atoms in total. The van der Waals surface area contributed by atoms with Gasteiger partial charge in [-0.15, -0.1) is 0 Å². The molecule has 3 aromatic rings. The van der Waals surface area contributed by atoms with Gasteiger partial charge >= 0.3 is 0 Å². The van der Waals surface area contributed by atoms with Crippen LogP contribution < -0.4 is 5.32 Å². The number of aliphatic hydroxyl groups excluding tert-OH is 1. The molecule has 2 atom stereocenters. The highest BCUT2D eigenvalue weighted by Crippen LogP contribution is 2.21. The lowest BCUT2D eigenvalue weighted by Gasteiger charge is -2.18. The molecule has 0 unspecified atom stereocenters. The zero-order valence-corrected chi connectivity index (χ0v) is 17.9. The maximum absolute atomic E-state index is 11.4. The summed E-state index contributed by atoms with van der Waals surface area (Å²) in [7, 11) is 1.68. The van der Waals surface area contributed by atoms with Crippen molar-refractivity contribution in [2.45, 2.75) is 25.5 Å². The molecule has 1 heterocycles. The zero-order chi connectivity index (χ0) is 22.1. The lowest BCUT2D eigenvalue weighted by molar-refractivity contribution is -0.117. The van der Waals surface area contributed by atoms with Crippen LogP contribution in [0.1, 0.15) is 36.0 Å². The molecule has 162 valence electrons. The highest BCUT2D eigenvalue weighted by Gasteiger charge is 2.16. The summed E-state index contributed by atoms with van der Waals surface area (Å²) >= 11 is 0. The third-order valence-electron chi connectivity index (χ3n) is 5.14. The van der Waals surface area contributed by atoms with E-state index in [1.807, 2.05) is 43.3 Å². The smallest absolute Gasteiger partial charge is 0.214 e. The summed E-state index contributed by atoms with van der Waals surface area (Å²) in [5.41, 5.74) is 3.89. The van der Waals surface area contributed by atoms with Crippen LogP contribution in [0.25, 0.3) is 11.0 Å². The fraction of sp³-hybridized carbons (Fsp3) is 0.292. The molecule has 3 N–H and O–H groups in total. The highest BCUT2D eigenvalue weighted by molar-refractivity contribution is 5.76. The Balaban J connectivity index is 1.58. The first kappa shape index (κ1) is 22.4. The molecule has 2 aromatic carbocycles. The molecule has 0 spiro atoms. The summed E-state index contributed by atoms with van der Waals surface area (Å²) in [5, 5.41) is 13.5. The molecule has 0 aliphatic heterocycles. The maximum atomic E-state index is 11.4. The zero-order valence-electron chi connectivity index (χ0n) is 17.9. The number of aromatic amines is 1. The second-order valence-electron chi connectivity index (χ2n) is 7.33. The maximum Gasteiger partial charge on any atom is 0.214 e. The third kappa shape index (κ3) is 6.10. The predicted molar refractivity (Wildman–Crippen MR) is 124 cm³/mol. The normalized spacial score (nSPS) is 13.8. The van der Waals surface area contributed by atoms with Crippen molar-refractivity contribution in [1.82, 2.24) is 20.2 Å². The van der Waals surface area contributed by atoms with Crippen LogP contribution in [0, 0.1) is 0 Å². The van der Waals surface area contributed by atoms with Gasteiger partial charge in [-0.3, -0.25) is 9.79 Å². The SMILES string of the molecule is C/N=C\C=C/N(C=O)[C@@H](C)c1nc2ccc(CCNC[C@H](O)c3ccccc3)cc2[nH]1. The van der Waals surface area contributed by atoms with Crippen molar-refractivity contribution in [1.29, 1.82) is 0 Å². The number of H-pyrrole nitrogens is 1. The molecule has 3 rings (SSSR count). The fourth-order valence-corrected chi connectivity index (χ4v) is 3.32. The van der Waals surface area contributed by atoms with Crippen molar-refractivity contribution in [2.75, 3.05) is 20.1 Å². The Morgan fingerprint density at radius 2 is 2.06 bits per heavy atom. The van der Waals surface area contributed by atoms with Crippen LogP contribution in [-0.2, 0) is 11.2 Å². The van der Waals surface area contributed by atoms with Crippen LogP contribution >= 0.6 is 0 Å². The topological polar surface area (TPSA) is 93.6 Å². The number of aliphatic imine (C=N–C) groups is 1. The number of nitrogens with one attached hydrogen (secondary N) is 2. The standard InChI is InChI=1S/C24H29N5O2/c1-18(29(17-30)14-6-12-25-2)24-27-21-10-9-19(15-22(21)28-24)11-13-26-16-23(31)20-7-4-3-5-8-20/h3-10,12,14-15,17-18,23,26,31H,11,13,16H2,1-2H3,(H,27,28)/b14-6-,25-12-/t18-,23-/m0/s1. The second kappa shape index (κ2) is 11.2. The number of benzene rings is 2. The van der Waals surface area contributed by atoms with E-state index in [0.717, 1.165) is 41.8 Å². The number of carbonyl (C=O) groups is 1. The summed E-state index contributed by atoms with van der Waals surface area (Å²) in [6, 6.07) is 15.6. The van der Waals surface area contributed by atoms with Gasteiger partial charge in [0.2, 0.25) is 6.41 Å². The monoisotopic (exact) mass is 419 g/mol. The van der Waals surface area contributed by atoms with Crippen molar-refractivity contribution >= 4 is 23.7 Å². The molecule has 0 aliphatic carbocycles. The number of allylic oxidation sites excluding steroid dienone is 1. The first-order chi connectivity index (χ1) is 15.1. The molecule has 1 amide bonds. The van der Waals surface area contributed by atoms with Crippen LogP contribution in [0.5, 0.6) is 0 Å². The number of rotatable bonds is 11. The fourth-order valence-electron chi connectivity index (χ4n) is 3.32. The third-order valence-corrected chi connectivity index (χ3v) is 5.14. The van der Waals surface area contributed by atoms with E-state index in [1.54, 1.807) is 30.4 Å². The van der Waals surface area contributed by atoms with Gasteiger partial charge in [0.25, 0.3) is 0 Å². The Bertz CT molecular complexity index is 1030. The molecule has 0 fully saturated rings.